The van der Waals surface area contributed by atoms with Crippen molar-refractivity contribution in [1.82, 2.24) is 15.2 Å². The lowest BCUT2D eigenvalue weighted by atomic mass is 10.0. The molecule has 0 atom stereocenters. The molecule has 28 heavy (non-hydrogen) atoms. The zero-order chi connectivity index (χ0) is 20.3. The minimum absolute atomic E-state index is 0.0219. The van der Waals surface area contributed by atoms with Gasteiger partial charge in [0.2, 0.25) is 5.88 Å². The molecule has 8 heteroatoms. The first kappa shape index (κ1) is 20.1. The van der Waals surface area contributed by atoms with Crippen molar-refractivity contribution in [2.24, 2.45) is 0 Å². The van der Waals surface area contributed by atoms with Gasteiger partial charge in [0.05, 0.1) is 17.6 Å². The minimum Gasteiger partial charge on any atom is -0.473 e. The van der Waals surface area contributed by atoms with Crippen LogP contribution in [0.15, 0.2) is 24.0 Å². The summed E-state index contributed by atoms with van der Waals surface area (Å²) >= 11 is 0. The molecule has 2 aliphatic rings. The summed E-state index contributed by atoms with van der Waals surface area (Å²) in [4.78, 5) is 30.5. The van der Waals surface area contributed by atoms with Crippen molar-refractivity contribution in [1.29, 1.82) is 0 Å². The first-order chi connectivity index (χ1) is 13.3. The number of hydrogen-bond donors (Lipinski definition) is 1. The number of rotatable bonds is 6. The number of alkyl carbamates (subject to hydrolysis) is 1. The number of amides is 2. The van der Waals surface area contributed by atoms with Gasteiger partial charge in [-0.05, 0) is 39.7 Å². The van der Waals surface area contributed by atoms with Crippen molar-refractivity contribution < 1.29 is 23.5 Å². The number of hydrogen-bond acceptors (Lipinski definition) is 5. The van der Waals surface area contributed by atoms with Crippen molar-refractivity contribution in [3.8, 4) is 5.88 Å². The van der Waals surface area contributed by atoms with Crippen LogP contribution in [-0.2, 0) is 11.2 Å². The van der Waals surface area contributed by atoms with Crippen LogP contribution < -0.4 is 10.1 Å². The third-order valence-corrected chi connectivity index (χ3v) is 4.44. The molecule has 0 unspecified atom stereocenters. The monoisotopic (exact) mass is 391 g/mol. The van der Waals surface area contributed by atoms with Crippen LogP contribution in [0.5, 0.6) is 5.88 Å². The number of aromatic nitrogens is 1. The van der Waals surface area contributed by atoms with Gasteiger partial charge in [0.1, 0.15) is 12.2 Å². The molecule has 0 radical (unpaired) electrons. The number of carbonyl (C=O) groups excluding carboxylic acids is 2. The molecular formula is C20H26FN3O4. The summed E-state index contributed by atoms with van der Waals surface area (Å²) < 4.78 is 23.7. The van der Waals surface area contributed by atoms with Gasteiger partial charge in [0.15, 0.2) is 0 Å². The van der Waals surface area contributed by atoms with Gasteiger partial charge < -0.3 is 19.7 Å². The van der Waals surface area contributed by atoms with Crippen molar-refractivity contribution in [3.05, 3.63) is 35.3 Å². The fraction of sp³-hybridized carbons (Fsp3) is 0.550. The molecule has 152 valence electrons. The molecule has 2 heterocycles. The predicted octanol–water partition coefficient (Wildman–Crippen LogP) is 3.00. The average molecular weight is 391 g/mol. The molecule has 1 aromatic rings. The molecule has 1 saturated carbocycles. The molecule has 1 aliphatic heterocycles. The van der Waals surface area contributed by atoms with Crippen molar-refractivity contribution in [3.63, 3.8) is 0 Å². The topological polar surface area (TPSA) is 80.8 Å². The molecule has 0 bridgehead atoms. The number of nitrogens with zero attached hydrogens (tertiary/aromatic N) is 2. The highest BCUT2D eigenvalue weighted by atomic mass is 19.1. The van der Waals surface area contributed by atoms with Crippen molar-refractivity contribution in [2.45, 2.75) is 51.7 Å². The van der Waals surface area contributed by atoms with Crippen LogP contribution in [0.3, 0.4) is 0 Å². The van der Waals surface area contributed by atoms with E-state index in [1.807, 2.05) is 4.90 Å². The number of carbonyl (C=O) groups is 2. The number of fused-ring (bicyclic) bond motifs is 1. The van der Waals surface area contributed by atoms with Crippen LogP contribution in [0.1, 0.15) is 49.7 Å². The summed E-state index contributed by atoms with van der Waals surface area (Å²) in [6, 6.07) is 3.71. The van der Waals surface area contributed by atoms with Crippen LogP contribution in [0.4, 0.5) is 9.18 Å². The third-order valence-electron chi connectivity index (χ3n) is 4.44. The standard InChI is InChI=1S/C20H26FN3O4/c1-20(2,3)28-19(26)22-11-13(10-21)12-27-17-7-6-15-16(23-17)8-9-24(18(15)25)14-4-5-14/h6-7,10,14H,4-5,8-9,11-12H2,1-3H3,(H,22,26)/b13-10-. The highest BCUT2D eigenvalue weighted by molar-refractivity contribution is 5.96. The van der Waals surface area contributed by atoms with E-state index in [-0.39, 0.29) is 24.6 Å². The highest BCUT2D eigenvalue weighted by Crippen LogP contribution is 2.31. The van der Waals surface area contributed by atoms with Gasteiger partial charge in [0.25, 0.3) is 5.91 Å². The molecule has 1 N–H and O–H groups in total. The molecule has 1 fully saturated rings. The number of ether oxygens (including phenoxy) is 2. The molecule has 2 amide bonds. The van der Waals surface area contributed by atoms with Crippen LogP contribution in [-0.4, -0.2) is 53.2 Å². The molecule has 0 aromatic carbocycles. The van der Waals surface area contributed by atoms with E-state index in [2.05, 4.69) is 10.3 Å². The predicted molar refractivity (Wildman–Crippen MR) is 101 cm³/mol. The van der Waals surface area contributed by atoms with Gasteiger partial charge in [0, 0.05) is 37.2 Å². The summed E-state index contributed by atoms with van der Waals surface area (Å²) in [5.74, 6) is 0.344. The number of pyridine rings is 1. The van der Waals surface area contributed by atoms with E-state index in [4.69, 9.17) is 9.47 Å². The van der Waals surface area contributed by atoms with E-state index < -0.39 is 11.7 Å². The fourth-order valence-corrected chi connectivity index (χ4v) is 2.95. The Morgan fingerprint density at radius 3 is 2.79 bits per heavy atom. The number of nitrogens with one attached hydrogen (secondary N) is 1. The van der Waals surface area contributed by atoms with Gasteiger partial charge >= 0.3 is 6.09 Å². The maximum Gasteiger partial charge on any atom is 0.407 e. The largest absolute Gasteiger partial charge is 0.473 e. The second kappa shape index (κ2) is 8.16. The van der Waals surface area contributed by atoms with Gasteiger partial charge in [-0.25, -0.2) is 14.2 Å². The summed E-state index contributed by atoms with van der Waals surface area (Å²) in [6.45, 7) is 5.81. The van der Waals surface area contributed by atoms with E-state index >= 15 is 0 Å². The summed E-state index contributed by atoms with van der Waals surface area (Å²) in [6.07, 6.45) is 2.60. The van der Waals surface area contributed by atoms with E-state index in [1.165, 1.54) is 0 Å². The second-order valence-corrected chi connectivity index (χ2v) is 8.03. The second-order valence-electron chi connectivity index (χ2n) is 8.03. The summed E-state index contributed by atoms with van der Waals surface area (Å²) in [7, 11) is 0. The zero-order valence-corrected chi connectivity index (χ0v) is 16.5. The fourth-order valence-electron chi connectivity index (χ4n) is 2.95. The van der Waals surface area contributed by atoms with Crippen molar-refractivity contribution >= 4 is 12.0 Å². The zero-order valence-electron chi connectivity index (χ0n) is 16.5. The van der Waals surface area contributed by atoms with Gasteiger partial charge in [-0.2, -0.15) is 0 Å². The first-order valence-corrected chi connectivity index (χ1v) is 9.45. The molecule has 1 aliphatic carbocycles. The number of halogens is 1. The Labute approximate surface area is 163 Å². The smallest absolute Gasteiger partial charge is 0.407 e. The van der Waals surface area contributed by atoms with Crippen LogP contribution in [0, 0.1) is 0 Å². The molecule has 0 spiro atoms. The van der Waals surface area contributed by atoms with E-state index in [9.17, 15) is 14.0 Å². The molecule has 7 nitrogen and oxygen atoms in total. The van der Waals surface area contributed by atoms with E-state index in [0.29, 0.717) is 42.5 Å². The SMILES string of the molecule is CC(C)(C)OC(=O)NC/C(=C/F)COc1ccc2c(n1)CCN(C1CC1)C2=O. The molecule has 1 aromatic heterocycles. The Morgan fingerprint density at radius 1 is 1.39 bits per heavy atom. The lowest BCUT2D eigenvalue weighted by molar-refractivity contribution is 0.0531. The van der Waals surface area contributed by atoms with Gasteiger partial charge in [-0.1, -0.05) is 0 Å². The van der Waals surface area contributed by atoms with E-state index in [0.717, 1.165) is 12.8 Å². The molecular weight excluding hydrogens is 365 g/mol. The Bertz CT molecular complexity index is 784. The average Bonchev–Trinajstić information content (AvgIpc) is 3.45. The summed E-state index contributed by atoms with van der Waals surface area (Å²) in [5, 5.41) is 2.48. The highest BCUT2D eigenvalue weighted by Gasteiger charge is 2.36. The van der Waals surface area contributed by atoms with Crippen molar-refractivity contribution in [2.75, 3.05) is 19.7 Å². The maximum absolute atomic E-state index is 13.1. The quantitative estimate of drug-likeness (QED) is 0.806. The van der Waals surface area contributed by atoms with Gasteiger partial charge in [-0.3, -0.25) is 4.79 Å². The first-order valence-electron chi connectivity index (χ1n) is 9.45. The molecule has 0 saturated heterocycles. The minimum atomic E-state index is -0.627. The normalized spacial score (nSPS) is 17.2. The Hall–Kier alpha value is -2.64. The summed E-state index contributed by atoms with van der Waals surface area (Å²) in [5.41, 5.74) is 0.927. The lowest BCUT2D eigenvalue weighted by Crippen LogP contribution is -2.39. The Morgan fingerprint density at radius 2 is 2.14 bits per heavy atom. The van der Waals surface area contributed by atoms with E-state index in [1.54, 1.807) is 32.9 Å². The lowest BCUT2D eigenvalue weighted by Gasteiger charge is -2.28. The Kier molecular flexibility index (Phi) is 5.86. The van der Waals surface area contributed by atoms with Crippen LogP contribution in [0.25, 0.3) is 0 Å². The third kappa shape index (κ3) is 5.21. The van der Waals surface area contributed by atoms with Gasteiger partial charge in [-0.15, -0.1) is 0 Å². The Balaban J connectivity index is 1.53. The van der Waals surface area contributed by atoms with Crippen LogP contribution in [0.2, 0.25) is 0 Å². The van der Waals surface area contributed by atoms with Crippen LogP contribution >= 0.6 is 0 Å². The molecule has 3 rings (SSSR count). The maximum atomic E-state index is 13.1.